The molecule has 9 heteroatoms. The molecule has 6 nitrogen and oxygen atoms in total. The summed E-state index contributed by atoms with van der Waals surface area (Å²) in [5.41, 5.74) is -0.728. The van der Waals surface area contributed by atoms with E-state index in [4.69, 9.17) is 9.47 Å². The lowest BCUT2D eigenvalue weighted by Crippen LogP contribution is -2.36. The molecular weight excluding hydrogens is 389 g/mol. The molecule has 1 heterocycles. The Balaban J connectivity index is 1.61. The number of alkyl halides is 3. The number of nitrogens with zero attached hydrogens (tertiary/aromatic N) is 2. The minimum atomic E-state index is -4.66. The van der Waals surface area contributed by atoms with Crippen molar-refractivity contribution in [1.82, 2.24) is 4.90 Å². The minimum absolute atomic E-state index is 0.233. The Morgan fingerprint density at radius 3 is 2.41 bits per heavy atom. The van der Waals surface area contributed by atoms with Crippen LogP contribution in [-0.4, -0.2) is 42.7 Å². The van der Waals surface area contributed by atoms with E-state index >= 15 is 0 Å². The van der Waals surface area contributed by atoms with Gasteiger partial charge in [0.2, 0.25) is 5.75 Å². The molecule has 0 aromatic heterocycles. The van der Waals surface area contributed by atoms with E-state index in [1.807, 2.05) is 12.1 Å². The zero-order chi connectivity index (χ0) is 20.9. The zero-order valence-electron chi connectivity index (χ0n) is 15.7. The first-order valence-electron chi connectivity index (χ1n) is 9.25. The highest BCUT2D eigenvalue weighted by Crippen LogP contribution is 2.37. The maximum Gasteiger partial charge on any atom is 0.416 e. The second kappa shape index (κ2) is 9.23. The summed E-state index contributed by atoms with van der Waals surface area (Å²) in [6, 6.07) is 9.24. The monoisotopic (exact) mass is 410 g/mol. The molecule has 1 saturated heterocycles. The molecule has 0 spiro atoms. The van der Waals surface area contributed by atoms with Gasteiger partial charge in [0.25, 0.3) is 0 Å². The third-order valence-electron chi connectivity index (χ3n) is 4.68. The van der Waals surface area contributed by atoms with Gasteiger partial charge in [0.05, 0.1) is 23.7 Å². The number of morpholine rings is 1. The molecule has 0 amide bonds. The van der Waals surface area contributed by atoms with E-state index in [-0.39, 0.29) is 5.75 Å². The van der Waals surface area contributed by atoms with Crippen LogP contribution < -0.4 is 4.74 Å². The maximum atomic E-state index is 12.8. The molecule has 1 aliphatic heterocycles. The lowest BCUT2D eigenvalue weighted by Gasteiger charge is -2.26. The van der Waals surface area contributed by atoms with Gasteiger partial charge in [-0.3, -0.25) is 15.0 Å². The third-order valence-corrected chi connectivity index (χ3v) is 4.68. The van der Waals surface area contributed by atoms with Crippen molar-refractivity contribution < 1.29 is 27.6 Å². The van der Waals surface area contributed by atoms with E-state index in [2.05, 4.69) is 4.90 Å². The SMILES string of the molecule is O=[N+]([O-])c1cc(C(F)(F)F)ccc1Oc1ccc(CCCN2CCOCC2)cc1. The Labute approximate surface area is 166 Å². The first-order chi connectivity index (χ1) is 13.8. The summed E-state index contributed by atoms with van der Waals surface area (Å²) in [5, 5.41) is 11.1. The molecule has 29 heavy (non-hydrogen) atoms. The van der Waals surface area contributed by atoms with Crippen LogP contribution in [0.4, 0.5) is 18.9 Å². The Morgan fingerprint density at radius 2 is 1.79 bits per heavy atom. The molecule has 0 unspecified atom stereocenters. The van der Waals surface area contributed by atoms with Crippen molar-refractivity contribution in [2.45, 2.75) is 19.0 Å². The molecule has 1 aliphatic rings. The van der Waals surface area contributed by atoms with E-state index < -0.39 is 22.4 Å². The molecule has 0 N–H and O–H groups in total. The number of nitro benzene ring substituents is 1. The lowest BCUT2D eigenvalue weighted by molar-refractivity contribution is -0.385. The summed E-state index contributed by atoms with van der Waals surface area (Å²) in [7, 11) is 0. The van der Waals surface area contributed by atoms with Crippen molar-refractivity contribution in [3.63, 3.8) is 0 Å². The molecule has 0 bridgehead atoms. The molecule has 156 valence electrons. The predicted octanol–water partition coefficient (Wildman–Crippen LogP) is 4.67. The van der Waals surface area contributed by atoms with Gasteiger partial charge in [-0.1, -0.05) is 12.1 Å². The summed E-state index contributed by atoms with van der Waals surface area (Å²) in [6.45, 7) is 4.40. The maximum absolute atomic E-state index is 12.8. The summed E-state index contributed by atoms with van der Waals surface area (Å²) in [4.78, 5) is 12.6. The first kappa shape index (κ1) is 21.1. The second-order valence-corrected chi connectivity index (χ2v) is 6.74. The van der Waals surface area contributed by atoms with Crippen LogP contribution in [0.2, 0.25) is 0 Å². The van der Waals surface area contributed by atoms with Gasteiger partial charge < -0.3 is 9.47 Å². The molecule has 2 aromatic rings. The van der Waals surface area contributed by atoms with Gasteiger partial charge in [-0.15, -0.1) is 0 Å². The van der Waals surface area contributed by atoms with E-state index in [1.54, 1.807) is 12.1 Å². The quantitative estimate of drug-likeness (QED) is 0.490. The van der Waals surface area contributed by atoms with Crippen LogP contribution in [0.3, 0.4) is 0 Å². The van der Waals surface area contributed by atoms with Crippen molar-refractivity contribution >= 4 is 5.69 Å². The normalized spacial score (nSPS) is 15.3. The third kappa shape index (κ3) is 5.91. The summed E-state index contributed by atoms with van der Waals surface area (Å²) in [5.74, 6) is 0.0906. The van der Waals surface area contributed by atoms with Crippen molar-refractivity contribution in [3.05, 3.63) is 63.7 Å². The van der Waals surface area contributed by atoms with Gasteiger partial charge in [-0.05, 0) is 49.2 Å². The van der Waals surface area contributed by atoms with Crippen LogP contribution in [0, 0.1) is 10.1 Å². The minimum Gasteiger partial charge on any atom is -0.450 e. The first-order valence-corrected chi connectivity index (χ1v) is 9.25. The summed E-state index contributed by atoms with van der Waals surface area (Å²) >= 11 is 0. The van der Waals surface area contributed by atoms with Crippen LogP contribution in [0.5, 0.6) is 11.5 Å². The predicted molar refractivity (Wildman–Crippen MR) is 100 cm³/mol. The Hall–Kier alpha value is -2.65. The topological polar surface area (TPSA) is 64.8 Å². The average molecular weight is 410 g/mol. The number of aryl methyl sites for hydroxylation is 1. The number of nitro groups is 1. The highest BCUT2D eigenvalue weighted by atomic mass is 19.4. The van der Waals surface area contributed by atoms with Gasteiger partial charge in [0.1, 0.15) is 5.75 Å². The fraction of sp³-hybridized carbons (Fsp3) is 0.400. The molecule has 2 aromatic carbocycles. The number of rotatable bonds is 7. The van der Waals surface area contributed by atoms with E-state index in [0.717, 1.165) is 63.4 Å². The number of benzene rings is 2. The van der Waals surface area contributed by atoms with Crippen molar-refractivity contribution in [2.24, 2.45) is 0 Å². The Kier molecular flexibility index (Phi) is 6.71. The molecule has 0 radical (unpaired) electrons. The lowest BCUT2D eigenvalue weighted by atomic mass is 10.1. The van der Waals surface area contributed by atoms with Gasteiger partial charge in [0.15, 0.2) is 0 Å². The van der Waals surface area contributed by atoms with Crippen molar-refractivity contribution in [1.29, 1.82) is 0 Å². The zero-order valence-corrected chi connectivity index (χ0v) is 15.7. The number of hydrogen-bond acceptors (Lipinski definition) is 5. The van der Waals surface area contributed by atoms with Gasteiger partial charge in [0, 0.05) is 19.2 Å². The fourth-order valence-electron chi connectivity index (χ4n) is 3.11. The molecular formula is C20H21F3N2O4. The number of hydrogen-bond donors (Lipinski definition) is 0. The van der Waals surface area contributed by atoms with Crippen LogP contribution in [-0.2, 0) is 17.3 Å². The van der Waals surface area contributed by atoms with Crippen molar-refractivity contribution in [2.75, 3.05) is 32.8 Å². The molecule has 0 saturated carbocycles. The van der Waals surface area contributed by atoms with Crippen LogP contribution in [0.15, 0.2) is 42.5 Å². The van der Waals surface area contributed by atoms with Gasteiger partial charge in [-0.2, -0.15) is 13.2 Å². The summed E-state index contributed by atoms with van der Waals surface area (Å²) in [6.07, 6.45) is -2.80. The standard InChI is InChI=1S/C20H21F3N2O4/c21-20(22,23)16-5-8-19(18(14-16)25(26)27)29-17-6-3-15(4-7-17)2-1-9-24-10-12-28-13-11-24/h3-8,14H,1-2,9-13H2. The molecule has 0 atom stereocenters. The van der Waals surface area contributed by atoms with E-state index in [1.165, 1.54) is 0 Å². The fourth-order valence-corrected chi connectivity index (χ4v) is 3.11. The average Bonchev–Trinajstić information content (AvgIpc) is 2.69. The highest BCUT2D eigenvalue weighted by molar-refractivity contribution is 5.51. The number of halogens is 3. The summed E-state index contributed by atoms with van der Waals surface area (Å²) < 4.78 is 49.1. The van der Waals surface area contributed by atoms with E-state index in [0.29, 0.717) is 11.8 Å². The number of ether oxygens (including phenoxy) is 2. The van der Waals surface area contributed by atoms with Crippen molar-refractivity contribution in [3.8, 4) is 11.5 Å². The Bertz CT molecular complexity index is 835. The largest absolute Gasteiger partial charge is 0.450 e. The van der Waals surface area contributed by atoms with Gasteiger partial charge in [-0.25, -0.2) is 0 Å². The smallest absolute Gasteiger partial charge is 0.416 e. The van der Waals surface area contributed by atoms with Gasteiger partial charge >= 0.3 is 11.9 Å². The van der Waals surface area contributed by atoms with E-state index in [9.17, 15) is 23.3 Å². The van der Waals surface area contributed by atoms with Crippen LogP contribution >= 0.6 is 0 Å². The van der Waals surface area contributed by atoms with Crippen LogP contribution in [0.25, 0.3) is 0 Å². The molecule has 3 rings (SSSR count). The molecule has 0 aliphatic carbocycles. The second-order valence-electron chi connectivity index (χ2n) is 6.74. The highest BCUT2D eigenvalue weighted by Gasteiger charge is 2.33. The Morgan fingerprint density at radius 1 is 1.10 bits per heavy atom. The molecule has 1 fully saturated rings. The van der Waals surface area contributed by atoms with Crippen LogP contribution in [0.1, 0.15) is 17.5 Å².